The average Bonchev–Trinajstić information content (AvgIpc) is 2.72. The fourth-order valence-corrected chi connectivity index (χ4v) is 4.76. The Bertz CT molecular complexity index is 514. The summed E-state index contributed by atoms with van der Waals surface area (Å²) in [6, 6.07) is 6.46. The molecule has 1 saturated carbocycles. The Morgan fingerprint density at radius 2 is 1.44 bits per heavy atom. The van der Waals surface area contributed by atoms with Crippen molar-refractivity contribution in [3.63, 3.8) is 0 Å². The van der Waals surface area contributed by atoms with Gasteiger partial charge in [0.05, 0.1) is 13.2 Å². The molecule has 0 unspecified atom stereocenters. The van der Waals surface area contributed by atoms with E-state index in [1.165, 1.54) is 82.8 Å². The summed E-state index contributed by atoms with van der Waals surface area (Å²) < 4.78 is 25.0. The zero-order valence-electron chi connectivity index (χ0n) is 17.0. The van der Waals surface area contributed by atoms with Crippen molar-refractivity contribution >= 4 is 0 Å². The maximum absolute atomic E-state index is 13.1. The number of rotatable bonds is 9. The maximum atomic E-state index is 13.1. The van der Waals surface area contributed by atoms with Gasteiger partial charge in [0.25, 0.3) is 0 Å². The molecule has 2 fully saturated rings. The minimum Gasteiger partial charge on any atom is -0.348 e. The number of ether oxygens (including phenoxy) is 2. The van der Waals surface area contributed by atoms with Gasteiger partial charge in [0.15, 0.2) is 6.29 Å². The summed E-state index contributed by atoms with van der Waals surface area (Å²) in [4.78, 5) is 0. The van der Waals surface area contributed by atoms with Crippen LogP contribution in [0.5, 0.6) is 0 Å². The molecule has 3 rings (SSSR count). The van der Waals surface area contributed by atoms with Gasteiger partial charge in [-0.1, -0.05) is 76.8 Å². The maximum Gasteiger partial charge on any atom is 0.183 e. The summed E-state index contributed by atoms with van der Waals surface area (Å²) >= 11 is 0. The number of hydrogen-bond donors (Lipinski definition) is 0. The van der Waals surface area contributed by atoms with E-state index in [1.807, 2.05) is 0 Å². The average molecular weight is 377 g/mol. The topological polar surface area (TPSA) is 18.5 Å². The molecule has 1 aromatic carbocycles. The standard InChI is InChI=1S/C24H37FO2/c1-2-3-4-5-6-7-8-19-9-11-20(12-10-19)22-17-26-24(27-18-22)21-13-15-23(25)16-14-21/h13-16,19-20,22,24H,2-12,17-18H2,1H3. The predicted molar refractivity (Wildman–Crippen MR) is 108 cm³/mol. The minimum atomic E-state index is -0.328. The molecule has 3 heteroatoms. The lowest BCUT2D eigenvalue weighted by molar-refractivity contribution is -0.214. The first-order valence-corrected chi connectivity index (χ1v) is 11.2. The normalized spacial score (nSPS) is 29.0. The molecule has 2 nitrogen and oxygen atoms in total. The lowest BCUT2D eigenvalue weighted by Gasteiger charge is -2.38. The smallest absolute Gasteiger partial charge is 0.183 e. The van der Waals surface area contributed by atoms with Gasteiger partial charge in [-0.05, 0) is 36.8 Å². The van der Waals surface area contributed by atoms with Crippen LogP contribution in [0.4, 0.5) is 4.39 Å². The van der Waals surface area contributed by atoms with E-state index < -0.39 is 0 Å². The number of benzene rings is 1. The van der Waals surface area contributed by atoms with Crippen molar-refractivity contribution in [2.45, 2.75) is 83.8 Å². The van der Waals surface area contributed by atoms with Crippen LogP contribution in [-0.4, -0.2) is 13.2 Å². The lowest BCUT2D eigenvalue weighted by atomic mass is 9.74. The highest BCUT2D eigenvalue weighted by Gasteiger charge is 2.32. The molecule has 0 N–H and O–H groups in total. The Hall–Kier alpha value is -0.930. The highest BCUT2D eigenvalue weighted by atomic mass is 19.1. The molecule has 1 aromatic rings. The van der Waals surface area contributed by atoms with Crippen LogP contribution in [0.15, 0.2) is 24.3 Å². The third-order valence-corrected chi connectivity index (χ3v) is 6.59. The second kappa shape index (κ2) is 11.2. The van der Waals surface area contributed by atoms with Gasteiger partial charge in [-0.2, -0.15) is 0 Å². The first-order chi connectivity index (χ1) is 13.3. The third-order valence-electron chi connectivity index (χ3n) is 6.59. The molecule has 0 radical (unpaired) electrons. The second-order valence-corrected chi connectivity index (χ2v) is 8.65. The Kier molecular flexibility index (Phi) is 8.60. The fourth-order valence-electron chi connectivity index (χ4n) is 4.76. The van der Waals surface area contributed by atoms with Crippen LogP contribution in [0.3, 0.4) is 0 Å². The number of unbranched alkanes of at least 4 members (excludes halogenated alkanes) is 5. The molecule has 27 heavy (non-hydrogen) atoms. The Morgan fingerprint density at radius 3 is 2.11 bits per heavy atom. The molecule has 2 aliphatic rings. The van der Waals surface area contributed by atoms with Gasteiger partial charge in [-0.15, -0.1) is 0 Å². The van der Waals surface area contributed by atoms with E-state index in [-0.39, 0.29) is 12.1 Å². The van der Waals surface area contributed by atoms with Gasteiger partial charge in [-0.25, -0.2) is 4.39 Å². The molecule has 0 bridgehead atoms. The summed E-state index contributed by atoms with van der Waals surface area (Å²) in [6.07, 6.45) is 15.0. The van der Waals surface area contributed by atoms with Crippen molar-refractivity contribution in [1.82, 2.24) is 0 Å². The van der Waals surface area contributed by atoms with Crippen molar-refractivity contribution < 1.29 is 13.9 Å². The van der Waals surface area contributed by atoms with E-state index in [1.54, 1.807) is 12.1 Å². The molecule has 0 atom stereocenters. The SMILES string of the molecule is CCCCCCCCC1CCC(C2COC(c3ccc(F)cc3)OC2)CC1. The summed E-state index contributed by atoms with van der Waals surface area (Å²) in [5, 5.41) is 0. The molecule has 1 saturated heterocycles. The Morgan fingerprint density at radius 1 is 0.815 bits per heavy atom. The minimum absolute atomic E-state index is 0.217. The van der Waals surface area contributed by atoms with Crippen LogP contribution in [0.2, 0.25) is 0 Å². The highest BCUT2D eigenvalue weighted by molar-refractivity contribution is 5.17. The van der Waals surface area contributed by atoms with Crippen LogP contribution < -0.4 is 0 Å². The summed E-state index contributed by atoms with van der Waals surface area (Å²) in [7, 11) is 0. The molecule has 1 aliphatic carbocycles. The molecule has 0 spiro atoms. The molecule has 0 amide bonds. The van der Waals surface area contributed by atoms with Crippen molar-refractivity contribution in [3.05, 3.63) is 35.6 Å². The summed E-state index contributed by atoms with van der Waals surface area (Å²) in [6.45, 7) is 3.83. The first-order valence-electron chi connectivity index (χ1n) is 11.2. The van der Waals surface area contributed by atoms with Gasteiger partial charge < -0.3 is 9.47 Å². The van der Waals surface area contributed by atoms with Crippen LogP contribution in [0.25, 0.3) is 0 Å². The van der Waals surface area contributed by atoms with Crippen LogP contribution in [0, 0.1) is 23.6 Å². The van der Waals surface area contributed by atoms with E-state index in [0.29, 0.717) is 5.92 Å². The van der Waals surface area contributed by atoms with Gasteiger partial charge in [0.1, 0.15) is 5.82 Å². The zero-order valence-corrected chi connectivity index (χ0v) is 17.0. The van der Waals surface area contributed by atoms with Gasteiger partial charge in [-0.3, -0.25) is 0 Å². The van der Waals surface area contributed by atoms with E-state index in [2.05, 4.69) is 6.92 Å². The van der Waals surface area contributed by atoms with Crippen molar-refractivity contribution in [2.75, 3.05) is 13.2 Å². The molecular weight excluding hydrogens is 339 g/mol. The van der Waals surface area contributed by atoms with Crippen molar-refractivity contribution in [3.8, 4) is 0 Å². The van der Waals surface area contributed by atoms with Crippen LogP contribution in [0.1, 0.15) is 89.4 Å². The highest BCUT2D eigenvalue weighted by Crippen LogP contribution is 2.38. The van der Waals surface area contributed by atoms with E-state index in [0.717, 1.165) is 30.6 Å². The molecule has 1 aliphatic heterocycles. The van der Waals surface area contributed by atoms with Crippen molar-refractivity contribution in [2.24, 2.45) is 17.8 Å². The third kappa shape index (κ3) is 6.57. The Balaban J connectivity index is 1.31. The number of halogens is 1. The van der Waals surface area contributed by atoms with Gasteiger partial charge >= 0.3 is 0 Å². The van der Waals surface area contributed by atoms with E-state index in [4.69, 9.17) is 9.47 Å². The number of hydrogen-bond acceptors (Lipinski definition) is 2. The molecular formula is C24H37FO2. The van der Waals surface area contributed by atoms with Crippen LogP contribution >= 0.6 is 0 Å². The summed E-state index contributed by atoms with van der Waals surface area (Å²) in [5.41, 5.74) is 0.914. The second-order valence-electron chi connectivity index (χ2n) is 8.65. The largest absolute Gasteiger partial charge is 0.348 e. The monoisotopic (exact) mass is 376 g/mol. The lowest BCUT2D eigenvalue weighted by Crippen LogP contribution is -2.34. The fraction of sp³-hybridized carbons (Fsp3) is 0.750. The van der Waals surface area contributed by atoms with Gasteiger partial charge in [0, 0.05) is 11.5 Å². The molecule has 1 heterocycles. The van der Waals surface area contributed by atoms with E-state index >= 15 is 0 Å². The van der Waals surface area contributed by atoms with E-state index in [9.17, 15) is 4.39 Å². The quantitative estimate of drug-likeness (QED) is 0.430. The zero-order chi connectivity index (χ0) is 18.9. The van der Waals surface area contributed by atoms with Crippen molar-refractivity contribution in [1.29, 1.82) is 0 Å². The molecule has 0 aromatic heterocycles. The van der Waals surface area contributed by atoms with Gasteiger partial charge in [0.2, 0.25) is 0 Å². The Labute approximate surface area is 164 Å². The summed E-state index contributed by atoms with van der Waals surface area (Å²) in [5.74, 6) is 2.01. The molecule has 152 valence electrons. The first kappa shape index (κ1) is 20.8. The van der Waals surface area contributed by atoms with Crippen LogP contribution in [-0.2, 0) is 9.47 Å². The predicted octanol–water partition coefficient (Wildman–Crippen LogP) is 7.04.